The molecule has 2 rings (SSSR count). The summed E-state index contributed by atoms with van der Waals surface area (Å²) in [5.41, 5.74) is 3.51. The monoisotopic (exact) mass is 240 g/mol. The number of halogens is 1. The van der Waals surface area contributed by atoms with E-state index in [9.17, 15) is 4.39 Å². The average molecular weight is 240 g/mol. The van der Waals surface area contributed by atoms with Gasteiger partial charge in [0.2, 0.25) is 0 Å². The van der Waals surface area contributed by atoms with Crippen LogP contribution in [0.25, 0.3) is 11.1 Å². The van der Waals surface area contributed by atoms with E-state index in [2.05, 4.69) is 30.8 Å². The van der Waals surface area contributed by atoms with E-state index < -0.39 is 0 Å². The molecule has 0 aromatic heterocycles. The summed E-state index contributed by atoms with van der Waals surface area (Å²) in [5, 5.41) is 0. The molecule has 0 N–H and O–H groups in total. The van der Waals surface area contributed by atoms with Crippen molar-refractivity contribution in [3.05, 3.63) is 72.6 Å². The Morgan fingerprint density at radius 3 is 2.00 bits per heavy atom. The van der Waals surface area contributed by atoms with E-state index in [1.165, 1.54) is 17.7 Å². The van der Waals surface area contributed by atoms with Crippen LogP contribution in [0.15, 0.2) is 61.2 Å². The summed E-state index contributed by atoms with van der Waals surface area (Å²) >= 11 is 0. The van der Waals surface area contributed by atoms with Crippen molar-refractivity contribution in [2.75, 3.05) is 0 Å². The van der Waals surface area contributed by atoms with Crippen molar-refractivity contribution in [1.82, 2.24) is 0 Å². The van der Waals surface area contributed by atoms with Crippen LogP contribution in [0.2, 0.25) is 0 Å². The lowest BCUT2D eigenvalue weighted by atomic mass is 10.0. The predicted octanol–water partition coefficient (Wildman–Crippen LogP) is 5.00. The van der Waals surface area contributed by atoms with E-state index >= 15 is 0 Å². The molecule has 0 atom stereocenters. The van der Waals surface area contributed by atoms with Gasteiger partial charge in [-0.2, -0.15) is 0 Å². The zero-order chi connectivity index (χ0) is 12.8. The summed E-state index contributed by atoms with van der Waals surface area (Å²) in [6.07, 6.45) is 5.22. The molecule has 2 aromatic carbocycles. The predicted molar refractivity (Wildman–Crippen MR) is 75.0 cm³/mol. The first-order chi connectivity index (χ1) is 8.79. The molecule has 0 amide bonds. The summed E-state index contributed by atoms with van der Waals surface area (Å²) in [5.74, 6) is -0.195. The van der Waals surface area contributed by atoms with Gasteiger partial charge in [0, 0.05) is 0 Å². The van der Waals surface area contributed by atoms with Crippen LogP contribution in [0.5, 0.6) is 0 Å². The van der Waals surface area contributed by atoms with Crippen molar-refractivity contribution < 1.29 is 4.39 Å². The highest BCUT2D eigenvalue weighted by atomic mass is 19.1. The van der Waals surface area contributed by atoms with Crippen molar-refractivity contribution in [3.63, 3.8) is 0 Å². The van der Waals surface area contributed by atoms with Gasteiger partial charge in [-0.05, 0) is 48.1 Å². The zero-order valence-corrected chi connectivity index (χ0v) is 10.4. The number of hydrogen-bond donors (Lipinski definition) is 0. The minimum atomic E-state index is -0.195. The Morgan fingerprint density at radius 1 is 0.889 bits per heavy atom. The lowest BCUT2D eigenvalue weighted by Gasteiger charge is -2.04. The van der Waals surface area contributed by atoms with Gasteiger partial charge in [0.1, 0.15) is 5.82 Å². The minimum Gasteiger partial charge on any atom is -0.207 e. The second-order valence-electron chi connectivity index (χ2n) is 4.38. The lowest BCUT2D eigenvalue weighted by Crippen LogP contribution is -1.85. The molecular formula is C17H17F. The summed E-state index contributed by atoms with van der Waals surface area (Å²) < 4.78 is 12.8. The molecule has 0 fully saturated rings. The Labute approximate surface area is 108 Å². The molecule has 0 radical (unpaired) electrons. The van der Waals surface area contributed by atoms with Gasteiger partial charge in [0.15, 0.2) is 0 Å². The molecule has 92 valence electrons. The molecule has 0 spiro atoms. The maximum absolute atomic E-state index is 12.8. The van der Waals surface area contributed by atoms with Gasteiger partial charge in [0.05, 0.1) is 0 Å². The number of hydrogen-bond acceptors (Lipinski definition) is 0. The van der Waals surface area contributed by atoms with E-state index in [-0.39, 0.29) is 5.82 Å². The molecule has 0 aliphatic carbocycles. The standard InChI is InChI=1S/C17H17F/c1-2-3-4-5-14-6-8-15(9-7-14)16-10-12-17(18)13-11-16/h2,6-13H,1,3-5H2. The van der Waals surface area contributed by atoms with Crippen molar-refractivity contribution in [1.29, 1.82) is 0 Å². The van der Waals surface area contributed by atoms with Gasteiger partial charge >= 0.3 is 0 Å². The number of benzene rings is 2. The Bertz CT molecular complexity index is 494. The van der Waals surface area contributed by atoms with Crippen LogP contribution < -0.4 is 0 Å². The largest absolute Gasteiger partial charge is 0.207 e. The van der Waals surface area contributed by atoms with Gasteiger partial charge in [-0.25, -0.2) is 4.39 Å². The zero-order valence-electron chi connectivity index (χ0n) is 10.4. The summed E-state index contributed by atoms with van der Waals surface area (Å²) in [7, 11) is 0. The van der Waals surface area contributed by atoms with Gasteiger partial charge < -0.3 is 0 Å². The van der Waals surface area contributed by atoms with Crippen LogP contribution >= 0.6 is 0 Å². The number of aryl methyl sites for hydroxylation is 1. The number of allylic oxidation sites excluding steroid dienone is 1. The van der Waals surface area contributed by atoms with Crippen molar-refractivity contribution in [2.45, 2.75) is 19.3 Å². The van der Waals surface area contributed by atoms with E-state index in [1.807, 2.05) is 18.2 Å². The fourth-order valence-corrected chi connectivity index (χ4v) is 1.96. The van der Waals surface area contributed by atoms with Crippen LogP contribution in [0, 0.1) is 5.82 Å². The normalized spacial score (nSPS) is 10.3. The van der Waals surface area contributed by atoms with Crippen molar-refractivity contribution in [3.8, 4) is 11.1 Å². The van der Waals surface area contributed by atoms with Crippen LogP contribution in [-0.4, -0.2) is 0 Å². The fraction of sp³-hybridized carbons (Fsp3) is 0.176. The summed E-state index contributed by atoms with van der Waals surface area (Å²) in [4.78, 5) is 0. The van der Waals surface area contributed by atoms with Crippen LogP contribution in [0.1, 0.15) is 18.4 Å². The van der Waals surface area contributed by atoms with Crippen molar-refractivity contribution in [2.24, 2.45) is 0 Å². The molecular weight excluding hydrogens is 223 g/mol. The first-order valence-corrected chi connectivity index (χ1v) is 6.25. The Morgan fingerprint density at radius 2 is 1.44 bits per heavy atom. The maximum Gasteiger partial charge on any atom is 0.123 e. The van der Waals surface area contributed by atoms with Gasteiger partial charge in [-0.1, -0.05) is 42.5 Å². The third kappa shape index (κ3) is 3.30. The van der Waals surface area contributed by atoms with E-state index in [0.717, 1.165) is 30.4 Å². The lowest BCUT2D eigenvalue weighted by molar-refractivity contribution is 0.628. The Balaban J connectivity index is 2.07. The Hall–Kier alpha value is -1.89. The second kappa shape index (κ2) is 6.15. The smallest absolute Gasteiger partial charge is 0.123 e. The average Bonchev–Trinajstić information content (AvgIpc) is 2.41. The molecule has 0 aliphatic rings. The second-order valence-corrected chi connectivity index (χ2v) is 4.38. The minimum absolute atomic E-state index is 0.195. The van der Waals surface area contributed by atoms with Gasteiger partial charge in [0.25, 0.3) is 0 Å². The molecule has 0 aliphatic heterocycles. The molecule has 0 saturated heterocycles. The first kappa shape index (κ1) is 12.6. The topological polar surface area (TPSA) is 0 Å². The van der Waals surface area contributed by atoms with Crippen molar-refractivity contribution >= 4 is 0 Å². The molecule has 0 bridgehead atoms. The molecule has 0 heterocycles. The third-order valence-corrected chi connectivity index (χ3v) is 3.01. The molecule has 0 saturated carbocycles. The molecule has 18 heavy (non-hydrogen) atoms. The van der Waals surface area contributed by atoms with E-state index in [4.69, 9.17) is 0 Å². The van der Waals surface area contributed by atoms with Crippen LogP contribution in [0.4, 0.5) is 4.39 Å². The molecule has 0 unspecified atom stereocenters. The first-order valence-electron chi connectivity index (χ1n) is 6.25. The van der Waals surface area contributed by atoms with E-state index in [0.29, 0.717) is 0 Å². The SMILES string of the molecule is C=CCCCc1ccc(-c2ccc(F)cc2)cc1. The van der Waals surface area contributed by atoms with Crippen LogP contribution in [-0.2, 0) is 6.42 Å². The highest BCUT2D eigenvalue weighted by Crippen LogP contribution is 2.20. The van der Waals surface area contributed by atoms with E-state index in [1.54, 1.807) is 0 Å². The highest BCUT2D eigenvalue weighted by molar-refractivity contribution is 5.63. The molecule has 0 nitrogen and oxygen atoms in total. The van der Waals surface area contributed by atoms with Crippen LogP contribution in [0.3, 0.4) is 0 Å². The molecule has 1 heteroatoms. The van der Waals surface area contributed by atoms with Gasteiger partial charge in [-0.3, -0.25) is 0 Å². The van der Waals surface area contributed by atoms with Gasteiger partial charge in [-0.15, -0.1) is 6.58 Å². The summed E-state index contributed by atoms with van der Waals surface area (Å²) in [6, 6.07) is 15.1. The fourth-order valence-electron chi connectivity index (χ4n) is 1.96. The quantitative estimate of drug-likeness (QED) is 0.509. The maximum atomic E-state index is 12.8. The number of unbranched alkanes of at least 4 members (excludes halogenated alkanes) is 1. The third-order valence-electron chi connectivity index (χ3n) is 3.01. The number of rotatable bonds is 5. The molecule has 2 aromatic rings. The Kier molecular flexibility index (Phi) is 4.30. The highest BCUT2D eigenvalue weighted by Gasteiger charge is 1.98. The summed E-state index contributed by atoms with van der Waals surface area (Å²) in [6.45, 7) is 3.72.